The molecule has 10 rings (SSSR count). The third-order valence-electron chi connectivity index (χ3n) is 16.1. The number of carbonyl (C=O) groups is 1. The van der Waals surface area contributed by atoms with Gasteiger partial charge in [0.15, 0.2) is 0 Å². The van der Waals surface area contributed by atoms with Crippen LogP contribution in [0.15, 0.2) is 96.4 Å². The van der Waals surface area contributed by atoms with E-state index in [1.54, 1.807) is 19.1 Å². The fourth-order valence-electron chi connectivity index (χ4n) is 11.8. The Labute approximate surface area is 431 Å². The van der Waals surface area contributed by atoms with Crippen molar-refractivity contribution in [3.8, 4) is 11.5 Å². The smallest absolute Gasteiger partial charge is 0.312 e. The number of pyridine rings is 3. The Hall–Kier alpha value is -6.54. The van der Waals surface area contributed by atoms with Crippen LogP contribution in [0.4, 0.5) is 21.6 Å². The molecule has 4 N–H and O–H groups in total. The first-order valence-electron chi connectivity index (χ1n) is 25.8. The number of aromatic amines is 1. The van der Waals surface area contributed by atoms with Gasteiger partial charge >= 0.3 is 5.69 Å². The number of ether oxygens (including phenoxy) is 1. The second-order valence-electron chi connectivity index (χ2n) is 21.7. The average molecular weight is 1030 g/mol. The highest BCUT2D eigenvalue weighted by atomic mass is 32.2. The zero-order valence-corrected chi connectivity index (χ0v) is 43.2. The molecule has 4 aliphatic rings. The van der Waals surface area contributed by atoms with Gasteiger partial charge < -0.3 is 25.0 Å². The van der Waals surface area contributed by atoms with Gasteiger partial charge in [-0.2, -0.15) is 0 Å². The molecule has 1 atom stereocenters. The van der Waals surface area contributed by atoms with Gasteiger partial charge in [0.2, 0.25) is 5.82 Å². The molecule has 2 saturated heterocycles. The number of hydrogen-bond acceptors (Lipinski definition) is 14. The molecular formula is C55H65FN10O7S. The fraction of sp³-hybridized carbons (Fsp3) is 0.455. The van der Waals surface area contributed by atoms with Crippen molar-refractivity contribution in [2.45, 2.75) is 114 Å². The van der Waals surface area contributed by atoms with Crippen molar-refractivity contribution in [2.75, 3.05) is 49.5 Å². The Kier molecular flexibility index (Phi) is 14.2. The zero-order chi connectivity index (χ0) is 51.9. The highest BCUT2D eigenvalue weighted by Crippen LogP contribution is 2.53. The standard InChI is InChI=1S/C55H65FN10O7S/c1-35(2)43-7-5-6-8-44(43)49-34-63(33-38-13-18-57-36(3)23-38)21-22-65(49)40-27-55(28-40)16-19-64(20-17-55)39-9-10-45(50(24-39)73-41-25-46-47(56)32-61-51(46)59-30-41)53(67)62-74(71,72)42-26-48(66(69)70)52(60-31-42)58-29-37-11-14-54(4,68)15-12-37/h5-10,13,18,23-26,30-32,35,37,40,49,68H,11-12,14-17,19-22,27-29,33-34H2,1-4H3,(H,58,60)(H,59,61)(H,62,67)/t37?,49-,54?/m0/s1. The molecule has 2 aliphatic carbocycles. The number of rotatable bonds is 15. The summed E-state index contributed by atoms with van der Waals surface area (Å²) in [4.78, 5) is 48.1. The molecule has 1 spiro atoms. The Morgan fingerprint density at radius 1 is 0.986 bits per heavy atom. The number of fused-ring (bicyclic) bond motifs is 1. The molecule has 0 unspecified atom stereocenters. The topological polar surface area (TPSA) is 212 Å². The van der Waals surface area contributed by atoms with E-state index < -0.39 is 42.9 Å². The Morgan fingerprint density at radius 3 is 2.50 bits per heavy atom. The summed E-state index contributed by atoms with van der Waals surface area (Å²) < 4.78 is 50.7. The molecule has 2 aromatic carbocycles. The zero-order valence-electron chi connectivity index (χ0n) is 42.4. The van der Waals surface area contributed by atoms with Gasteiger partial charge in [-0.1, -0.05) is 38.1 Å². The van der Waals surface area contributed by atoms with Crippen LogP contribution in [-0.4, -0.2) is 105 Å². The van der Waals surface area contributed by atoms with E-state index in [0.717, 1.165) is 101 Å². The van der Waals surface area contributed by atoms with Crippen LogP contribution in [0.3, 0.4) is 0 Å². The molecule has 6 aromatic rings. The van der Waals surface area contributed by atoms with Crippen molar-refractivity contribution >= 4 is 44.2 Å². The number of H-pyrrole nitrogens is 1. The number of nitro groups is 1. The molecule has 0 radical (unpaired) electrons. The van der Waals surface area contributed by atoms with Crippen molar-refractivity contribution in [3.63, 3.8) is 0 Å². The van der Waals surface area contributed by atoms with Crippen LogP contribution in [-0.2, 0) is 16.6 Å². The number of nitrogens with zero attached hydrogens (tertiary/aromatic N) is 7. The lowest BCUT2D eigenvalue weighted by Crippen LogP contribution is -2.60. The molecule has 0 bridgehead atoms. The van der Waals surface area contributed by atoms with Gasteiger partial charge in [0, 0.05) is 93.8 Å². The minimum Gasteiger partial charge on any atom is -0.455 e. The molecule has 4 fully saturated rings. The number of anilines is 2. The van der Waals surface area contributed by atoms with E-state index >= 15 is 0 Å². The van der Waals surface area contributed by atoms with Gasteiger partial charge in [-0.3, -0.25) is 29.7 Å². The van der Waals surface area contributed by atoms with E-state index in [9.17, 15) is 32.8 Å². The summed E-state index contributed by atoms with van der Waals surface area (Å²) in [5.41, 5.74) is 4.94. The van der Waals surface area contributed by atoms with E-state index in [2.05, 4.69) is 94.9 Å². The highest BCUT2D eigenvalue weighted by molar-refractivity contribution is 7.90. The number of nitrogens with one attached hydrogen (secondary N) is 3. The number of piperidine rings is 1. The number of aryl methyl sites for hydroxylation is 1. The number of sulfonamides is 1. The number of halogens is 1. The quantitative estimate of drug-likeness (QED) is 0.0558. The SMILES string of the molecule is Cc1cc(CN2CCN(C3CC4(CCN(c5ccc(C(=O)NS(=O)(=O)c6cnc(NCC7CCC(C)(O)CC7)c([N+](=O)[O-])c6)c(Oc6cnc7[nH]cc(F)c7c6)c5)CC4)C3)[C@H](c3ccccc3C(C)C)C2)ccn1. The second-order valence-corrected chi connectivity index (χ2v) is 23.3. The third-order valence-corrected chi connectivity index (χ3v) is 17.4. The van der Waals surface area contributed by atoms with Gasteiger partial charge in [0.25, 0.3) is 15.9 Å². The number of aromatic nitrogens is 4. The lowest BCUT2D eigenvalue weighted by Gasteiger charge is -2.58. The van der Waals surface area contributed by atoms with Crippen molar-refractivity contribution in [1.29, 1.82) is 0 Å². The summed E-state index contributed by atoms with van der Waals surface area (Å²) >= 11 is 0. The van der Waals surface area contributed by atoms with Gasteiger partial charge in [0.05, 0.1) is 33.9 Å². The van der Waals surface area contributed by atoms with Crippen LogP contribution < -0.4 is 19.7 Å². The van der Waals surface area contributed by atoms with Crippen LogP contribution in [0.1, 0.15) is 117 Å². The minimum atomic E-state index is -4.70. The molecular weight excluding hydrogens is 964 g/mol. The molecule has 1 amide bonds. The van der Waals surface area contributed by atoms with Crippen molar-refractivity contribution in [2.24, 2.45) is 11.3 Å². The number of amides is 1. The molecule has 74 heavy (non-hydrogen) atoms. The largest absolute Gasteiger partial charge is 0.455 e. The van der Waals surface area contributed by atoms with Crippen molar-refractivity contribution in [3.05, 3.63) is 135 Å². The molecule has 2 aliphatic heterocycles. The third kappa shape index (κ3) is 11.0. The molecule has 17 nitrogen and oxygen atoms in total. The lowest BCUT2D eigenvalue weighted by atomic mass is 9.59. The number of aliphatic hydroxyl groups is 1. The van der Waals surface area contributed by atoms with E-state index in [1.807, 2.05) is 13.1 Å². The van der Waals surface area contributed by atoms with Gasteiger partial charge in [-0.15, -0.1) is 0 Å². The fourth-order valence-corrected chi connectivity index (χ4v) is 12.7. The van der Waals surface area contributed by atoms with E-state index in [4.69, 9.17) is 4.74 Å². The lowest BCUT2D eigenvalue weighted by molar-refractivity contribution is -0.384. The van der Waals surface area contributed by atoms with Crippen LogP contribution in [0, 0.1) is 34.2 Å². The molecule has 19 heteroatoms. The first kappa shape index (κ1) is 51.0. The maximum atomic E-state index is 14.7. The number of benzene rings is 2. The summed E-state index contributed by atoms with van der Waals surface area (Å²) in [7, 11) is -4.70. The summed E-state index contributed by atoms with van der Waals surface area (Å²) in [6.07, 6.45) is 12.2. The number of carbonyl (C=O) groups excluding carboxylic acids is 1. The minimum absolute atomic E-state index is 0.00935. The summed E-state index contributed by atoms with van der Waals surface area (Å²) in [6, 6.07) is 21.2. The molecule has 390 valence electrons. The monoisotopic (exact) mass is 1030 g/mol. The average Bonchev–Trinajstić information content (AvgIpc) is 3.74. The van der Waals surface area contributed by atoms with E-state index in [-0.39, 0.29) is 45.6 Å². The Bertz CT molecular complexity index is 3160. The van der Waals surface area contributed by atoms with Crippen LogP contribution >= 0.6 is 0 Å². The molecule has 2 saturated carbocycles. The van der Waals surface area contributed by atoms with E-state index in [0.29, 0.717) is 37.0 Å². The van der Waals surface area contributed by atoms with Crippen LogP contribution in [0.2, 0.25) is 0 Å². The number of hydrogen-bond donors (Lipinski definition) is 4. The first-order valence-corrected chi connectivity index (χ1v) is 27.3. The van der Waals surface area contributed by atoms with Gasteiger partial charge in [-0.25, -0.2) is 27.5 Å². The van der Waals surface area contributed by atoms with Gasteiger partial charge in [-0.05, 0) is 129 Å². The Morgan fingerprint density at radius 2 is 1.76 bits per heavy atom. The second kappa shape index (κ2) is 20.6. The maximum absolute atomic E-state index is 14.7. The van der Waals surface area contributed by atoms with Crippen LogP contribution in [0.25, 0.3) is 11.0 Å². The predicted molar refractivity (Wildman–Crippen MR) is 280 cm³/mol. The summed E-state index contributed by atoms with van der Waals surface area (Å²) in [5, 5.41) is 25.7. The summed E-state index contributed by atoms with van der Waals surface area (Å²) in [6.45, 7) is 14.1. The molecule has 6 heterocycles. The molecule has 4 aromatic heterocycles. The van der Waals surface area contributed by atoms with Gasteiger partial charge in [0.1, 0.15) is 27.9 Å². The highest BCUT2D eigenvalue weighted by Gasteiger charge is 2.50. The number of piperazine rings is 1. The predicted octanol–water partition coefficient (Wildman–Crippen LogP) is 9.40. The Balaban J connectivity index is 0.841. The van der Waals surface area contributed by atoms with Crippen molar-refractivity contribution in [1.82, 2.24) is 34.5 Å². The summed E-state index contributed by atoms with van der Waals surface area (Å²) in [5.74, 6) is -1.02. The normalized spacial score (nSPS) is 21.7. The van der Waals surface area contributed by atoms with Crippen LogP contribution in [0.5, 0.6) is 11.5 Å². The maximum Gasteiger partial charge on any atom is 0.312 e. The first-order chi connectivity index (χ1) is 35.4. The van der Waals surface area contributed by atoms with E-state index in [1.165, 1.54) is 41.2 Å². The van der Waals surface area contributed by atoms with Crippen molar-refractivity contribution < 1.29 is 32.4 Å².